The third-order valence-electron chi connectivity index (χ3n) is 4.85. The van der Waals surface area contributed by atoms with Crippen molar-refractivity contribution in [2.45, 2.75) is 25.3 Å². The summed E-state index contributed by atoms with van der Waals surface area (Å²) in [5.74, 6) is -0.458. The number of aryl methyl sites for hydroxylation is 1. The molecule has 0 spiro atoms. The molecule has 26 heavy (non-hydrogen) atoms. The fraction of sp³-hybridized carbons (Fsp3) is 0.333. The Morgan fingerprint density at radius 1 is 1.15 bits per heavy atom. The predicted molar refractivity (Wildman–Crippen MR) is 101 cm³/mol. The molecule has 5 nitrogen and oxygen atoms in total. The van der Waals surface area contributed by atoms with Gasteiger partial charge in [0.25, 0.3) is 0 Å². The number of fused-ring (bicyclic) bond motifs is 1. The minimum atomic E-state index is -0.390. The van der Waals surface area contributed by atoms with Crippen molar-refractivity contribution in [1.82, 2.24) is 4.90 Å². The number of hydrogen-bond acceptors (Lipinski definition) is 4. The zero-order valence-corrected chi connectivity index (χ0v) is 15.2. The minimum Gasteiger partial charge on any atom is -0.465 e. The van der Waals surface area contributed by atoms with Crippen LogP contribution in [-0.2, 0) is 16.0 Å². The molecule has 0 unspecified atom stereocenters. The van der Waals surface area contributed by atoms with Gasteiger partial charge in [0.05, 0.1) is 19.2 Å². The van der Waals surface area contributed by atoms with E-state index in [4.69, 9.17) is 0 Å². The lowest BCUT2D eigenvalue weighted by atomic mass is 9.87. The number of carbonyl (C=O) groups is 2. The van der Waals surface area contributed by atoms with Gasteiger partial charge in [0.1, 0.15) is 0 Å². The standard InChI is InChI=1S/C21H24N2O3/c1-23(19-9-5-7-15-6-3-4-8-18(15)19)14-20(24)22-17-12-10-16(11-13-17)21(25)26-2/h3-4,6,8,10-13,19H,5,7,9,14H2,1-2H3,(H,22,24)/t19-/m1/s1. The van der Waals surface area contributed by atoms with Gasteiger partial charge in [-0.1, -0.05) is 24.3 Å². The summed E-state index contributed by atoms with van der Waals surface area (Å²) in [5, 5.41) is 2.89. The SMILES string of the molecule is COC(=O)c1ccc(NC(=O)CN(C)[C@@H]2CCCc3ccccc32)cc1. The molecule has 0 heterocycles. The van der Waals surface area contributed by atoms with Gasteiger partial charge in [-0.25, -0.2) is 4.79 Å². The summed E-state index contributed by atoms with van der Waals surface area (Å²) in [6.45, 7) is 0.317. The van der Waals surface area contributed by atoms with Gasteiger partial charge in [-0.3, -0.25) is 9.69 Å². The van der Waals surface area contributed by atoms with Gasteiger partial charge in [0, 0.05) is 11.7 Å². The summed E-state index contributed by atoms with van der Waals surface area (Å²) >= 11 is 0. The molecular weight excluding hydrogens is 328 g/mol. The highest BCUT2D eigenvalue weighted by Gasteiger charge is 2.24. The minimum absolute atomic E-state index is 0.0682. The zero-order chi connectivity index (χ0) is 18.5. The molecule has 2 aromatic carbocycles. The number of ether oxygens (including phenoxy) is 1. The first-order chi connectivity index (χ1) is 12.6. The molecule has 0 fully saturated rings. The summed E-state index contributed by atoms with van der Waals surface area (Å²) in [6.07, 6.45) is 3.32. The van der Waals surface area contributed by atoms with Gasteiger partial charge in [0.15, 0.2) is 0 Å². The van der Waals surface area contributed by atoms with E-state index in [1.165, 1.54) is 18.2 Å². The topological polar surface area (TPSA) is 58.6 Å². The molecule has 0 radical (unpaired) electrons. The Morgan fingerprint density at radius 2 is 1.88 bits per heavy atom. The number of carbonyl (C=O) groups excluding carboxylic acids is 2. The van der Waals surface area contributed by atoms with Crippen LogP contribution in [0.5, 0.6) is 0 Å². The third kappa shape index (κ3) is 4.11. The summed E-state index contributed by atoms with van der Waals surface area (Å²) in [4.78, 5) is 26.0. The van der Waals surface area contributed by atoms with Crippen molar-refractivity contribution in [2.24, 2.45) is 0 Å². The highest BCUT2D eigenvalue weighted by atomic mass is 16.5. The smallest absolute Gasteiger partial charge is 0.337 e. The molecule has 1 atom stereocenters. The lowest BCUT2D eigenvalue weighted by Gasteiger charge is -2.32. The Morgan fingerprint density at radius 3 is 2.62 bits per heavy atom. The van der Waals surface area contributed by atoms with Crippen LogP contribution < -0.4 is 5.32 Å². The number of hydrogen-bond donors (Lipinski definition) is 1. The van der Waals surface area contributed by atoms with E-state index < -0.39 is 5.97 Å². The molecule has 0 saturated carbocycles. The molecule has 136 valence electrons. The first kappa shape index (κ1) is 18.1. The fourth-order valence-electron chi connectivity index (χ4n) is 3.53. The number of amides is 1. The number of methoxy groups -OCH3 is 1. The number of likely N-dealkylation sites (N-methyl/N-ethyl adjacent to an activating group) is 1. The van der Waals surface area contributed by atoms with Gasteiger partial charge in [-0.15, -0.1) is 0 Å². The maximum Gasteiger partial charge on any atom is 0.337 e. The van der Waals surface area contributed by atoms with Crippen molar-refractivity contribution in [3.63, 3.8) is 0 Å². The molecule has 1 N–H and O–H groups in total. The monoisotopic (exact) mass is 352 g/mol. The second-order valence-corrected chi connectivity index (χ2v) is 6.64. The van der Waals surface area contributed by atoms with E-state index in [9.17, 15) is 9.59 Å². The molecule has 0 bridgehead atoms. The molecule has 0 aliphatic heterocycles. The summed E-state index contributed by atoms with van der Waals surface area (Å²) in [6, 6.07) is 15.5. The summed E-state index contributed by atoms with van der Waals surface area (Å²) in [7, 11) is 3.34. The van der Waals surface area contributed by atoms with Crippen LogP contribution in [0.2, 0.25) is 0 Å². The van der Waals surface area contributed by atoms with Gasteiger partial charge in [-0.05, 0) is 61.7 Å². The Hall–Kier alpha value is -2.66. The van der Waals surface area contributed by atoms with Crippen LogP contribution in [0.3, 0.4) is 0 Å². The molecule has 3 rings (SSSR count). The van der Waals surface area contributed by atoms with Crippen LogP contribution in [0.15, 0.2) is 48.5 Å². The quantitative estimate of drug-likeness (QED) is 0.838. The van der Waals surface area contributed by atoms with Gasteiger partial charge >= 0.3 is 5.97 Å². The molecular formula is C21H24N2O3. The number of esters is 1. The summed E-state index contributed by atoms with van der Waals surface area (Å²) in [5.41, 5.74) is 3.84. The van der Waals surface area contributed by atoms with Crippen LogP contribution in [-0.4, -0.2) is 37.5 Å². The molecule has 0 saturated heterocycles. The van der Waals surface area contributed by atoms with Crippen LogP contribution in [0.4, 0.5) is 5.69 Å². The van der Waals surface area contributed by atoms with Gasteiger partial charge in [-0.2, -0.15) is 0 Å². The van der Waals surface area contributed by atoms with Crippen LogP contribution >= 0.6 is 0 Å². The lowest BCUT2D eigenvalue weighted by molar-refractivity contribution is -0.117. The number of benzene rings is 2. The van der Waals surface area contributed by atoms with E-state index in [0.29, 0.717) is 17.8 Å². The number of rotatable bonds is 5. The normalized spacial score (nSPS) is 16.0. The van der Waals surface area contributed by atoms with Gasteiger partial charge in [0.2, 0.25) is 5.91 Å². The lowest BCUT2D eigenvalue weighted by Crippen LogP contribution is -2.34. The van der Waals surface area contributed by atoms with E-state index in [-0.39, 0.29) is 11.9 Å². The average molecular weight is 352 g/mol. The maximum absolute atomic E-state index is 12.4. The van der Waals surface area contributed by atoms with Crippen molar-refractivity contribution < 1.29 is 14.3 Å². The zero-order valence-electron chi connectivity index (χ0n) is 15.2. The summed E-state index contributed by atoms with van der Waals surface area (Å²) < 4.78 is 4.67. The van der Waals surface area contributed by atoms with E-state index in [2.05, 4.69) is 39.2 Å². The fourth-order valence-corrected chi connectivity index (χ4v) is 3.53. The predicted octanol–water partition coefficient (Wildman–Crippen LogP) is 3.42. The first-order valence-electron chi connectivity index (χ1n) is 8.85. The Kier molecular flexibility index (Phi) is 5.68. The number of anilines is 1. The molecule has 2 aromatic rings. The highest BCUT2D eigenvalue weighted by Crippen LogP contribution is 2.33. The second-order valence-electron chi connectivity index (χ2n) is 6.64. The van der Waals surface area contributed by atoms with Crippen LogP contribution in [0, 0.1) is 0 Å². The Balaban J connectivity index is 1.61. The molecule has 1 aliphatic rings. The maximum atomic E-state index is 12.4. The first-order valence-corrected chi connectivity index (χ1v) is 8.85. The van der Waals surface area contributed by atoms with Crippen molar-refractivity contribution in [1.29, 1.82) is 0 Å². The molecule has 1 aliphatic carbocycles. The van der Waals surface area contributed by atoms with Crippen molar-refractivity contribution in [3.05, 3.63) is 65.2 Å². The number of nitrogens with one attached hydrogen (secondary N) is 1. The largest absolute Gasteiger partial charge is 0.465 e. The van der Waals surface area contributed by atoms with Crippen LogP contribution in [0.1, 0.15) is 40.4 Å². The third-order valence-corrected chi connectivity index (χ3v) is 4.85. The van der Waals surface area contributed by atoms with Crippen LogP contribution in [0.25, 0.3) is 0 Å². The van der Waals surface area contributed by atoms with Crippen molar-refractivity contribution >= 4 is 17.6 Å². The Bertz CT molecular complexity index is 786. The van der Waals surface area contributed by atoms with E-state index in [1.54, 1.807) is 24.3 Å². The highest BCUT2D eigenvalue weighted by molar-refractivity contribution is 5.94. The van der Waals surface area contributed by atoms with E-state index in [0.717, 1.165) is 19.3 Å². The molecule has 5 heteroatoms. The number of nitrogens with zero attached hydrogens (tertiary/aromatic N) is 1. The van der Waals surface area contributed by atoms with E-state index >= 15 is 0 Å². The van der Waals surface area contributed by atoms with Gasteiger partial charge < -0.3 is 10.1 Å². The average Bonchev–Trinajstić information content (AvgIpc) is 2.67. The second kappa shape index (κ2) is 8.15. The molecule has 1 amide bonds. The van der Waals surface area contributed by atoms with Crippen molar-refractivity contribution in [3.8, 4) is 0 Å². The van der Waals surface area contributed by atoms with E-state index in [1.807, 2.05) is 7.05 Å². The van der Waals surface area contributed by atoms with Crippen molar-refractivity contribution in [2.75, 3.05) is 26.0 Å². The molecule has 0 aromatic heterocycles. The Labute approximate surface area is 154 Å².